The lowest BCUT2D eigenvalue weighted by atomic mass is 10.2. The summed E-state index contributed by atoms with van der Waals surface area (Å²) in [6.07, 6.45) is 4.81. The Morgan fingerprint density at radius 1 is 1.23 bits per heavy atom. The molecule has 0 saturated carbocycles. The smallest absolute Gasteiger partial charge is 0.191 e. The molecule has 1 fully saturated rings. The third kappa shape index (κ3) is 11.8. The molecule has 0 aliphatic carbocycles. The second kappa shape index (κ2) is 16.1. The van der Waals surface area contributed by atoms with Crippen LogP contribution in [0.2, 0.25) is 0 Å². The van der Waals surface area contributed by atoms with Gasteiger partial charge in [0.25, 0.3) is 0 Å². The third-order valence-electron chi connectivity index (χ3n) is 3.26. The van der Waals surface area contributed by atoms with Gasteiger partial charge in [-0.2, -0.15) is 11.8 Å². The highest BCUT2D eigenvalue weighted by Crippen LogP contribution is 2.25. The van der Waals surface area contributed by atoms with Crippen LogP contribution in [0.5, 0.6) is 0 Å². The molecular formula is C15H32IN3O2S. The number of thioether (sulfide) groups is 1. The van der Waals surface area contributed by atoms with Crippen molar-refractivity contribution in [1.82, 2.24) is 10.6 Å². The van der Waals surface area contributed by atoms with E-state index in [1.807, 2.05) is 0 Å². The Morgan fingerprint density at radius 2 is 2.09 bits per heavy atom. The molecule has 0 spiro atoms. The van der Waals surface area contributed by atoms with Gasteiger partial charge in [-0.25, -0.2) is 0 Å². The number of nitrogens with zero attached hydrogens (tertiary/aromatic N) is 1. The fraction of sp³-hybridized carbons (Fsp3) is 0.933. The second-order valence-electron chi connectivity index (χ2n) is 5.09. The molecule has 1 rings (SSSR count). The Hall–Kier alpha value is 0.270. The van der Waals surface area contributed by atoms with E-state index < -0.39 is 0 Å². The highest BCUT2D eigenvalue weighted by Gasteiger charge is 2.14. The van der Waals surface area contributed by atoms with E-state index in [4.69, 9.17) is 9.47 Å². The van der Waals surface area contributed by atoms with Gasteiger partial charge in [-0.1, -0.05) is 0 Å². The van der Waals surface area contributed by atoms with E-state index >= 15 is 0 Å². The molecule has 1 aliphatic rings. The highest BCUT2D eigenvalue weighted by molar-refractivity contribution is 14.0. The summed E-state index contributed by atoms with van der Waals surface area (Å²) in [5, 5.41) is 7.42. The molecule has 1 atom stereocenters. The SMILES string of the molecule is CCNC(=NCC1CCCS1)NCCCCOCCOC.I. The molecule has 5 nitrogen and oxygen atoms in total. The number of aliphatic imine (C=N–C) groups is 1. The maximum Gasteiger partial charge on any atom is 0.191 e. The van der Waals surface area contributed by atoms with Crippen LogP contribution in [0, 0.1) is 0 Å². The highest BCUT2D eigenvalue weighted by atomic mass is 127. The minimum Gasteiger partial charge on any atom is -0.382 e. The molecule has 7 heteroatoms. The van der Waals surface area contributed by atoms with Crippen molar-refractivity contribution in [3.05, 3.63) is 0 Å². The van der Waals surface area contributed by atoms with Crippen molar-refractivity contribution < 1.29 is 9.47 Å². The number of methoxy groups -OCH3 is 1. The number of ether oxygens (including phenoxy) is 2. The Balaban J connectivity index is 0.00000441. The Kier molecular flexibility index (Phi) is 16.3. The van der Waals surface area contributed by atoms with Crippen LogP contribution in [0.3, 0.4) is 0 Å². The Morgan fingerprint density at radius 3 is 2.77 bits per heavy atom. The summed E-state index contributed by atoms with van der Waals surface area (Å²) in [5.74, 6) is 2.25. The molecule has 2 N–H and O–H groups in total. The van der Waals surface area contributed by atoms with Crippen molar-refractivity contribution in [3.8, 4) is 0 Å². The summed E-state index contributed by atoms with van der Waals surface area (Å²) in [6, 6.07) is 0. The first kappa shape index (κ1) is 22.3. The molecule has 0 aromatic carbocycles. The fourth-order valence-electron chi connectivity index (χ4n) is 2.10. The van der Waals surface area contributed by atoms with Gasteiger partial charge in [-0.05, 0) is 38.4 Å². The molecular weight excluding hydrogens is 413 g/mol. The second-order valence-corrected chi connectivity index (χ2v) is 6.50. The lowest BCUT2D eigenvalue weighted by molar-refractivity contribution is 0.0689. The van der Waals surface area contributed by atoms with Gasteiger partial charge in [-0.15, -0.1) is 24.0 Å². The van der Waals surface area contributed by atoms with Gasteiger partial charge >= 0.3 is 0 Å². The zero-order valence-corrected chi connectivity index (χ0v) is 17.1. The maximum atomic E-state index is 5.44. The van der Waals surface area contributed by atoms with Crippen LogP contribution < -0.4 is 10.6 Å². The van der Waals surface area contributed by atoms with Crippen LogP contribution in [0.4, 0.5) is 0 Å². The van der Waals surface area contributed by atoms with E-state index in [-0.39, 0.29) is 24.0 Å². The van der Waals surface area contributed by atoms with E-state index in [2.05, 4.69) is 34.3 Å². The molecule has 1 aliphatic heterocycles. The lowest BCUT2D eigenvalue weighted by Gasteiger charge is -2.12. The maximum absolute atomic E-state index is 5.44. The van der Waals surface area contributed by atoms with Gasteiger partial charge in [0.2, 0.25) is 0 Å². The Labute approximate surface area is 156 Å². The number of nitrogens with one attached hydrogen (secondary N) is 2. The number of hydrogen-bond acceptors (Lipinski definition) is 4. The van der Waals surface area contributed by atoms with Crippen molar-refractivity contribution in [2.75, 3.05) is 52.3 Å². The zero-order valence-electron chi connectivity index (χ0n) is 13.9. The average Bonchev–Trinajstić information content (AvgIpc) is 3.00. The van der Waals surface area contributed by atoms with Gasteiger partial charge < -0.3 is 20.1 Å². The number of unbranched alkanes of at least 4 members (excludes halogenated alkanes) is 1. The number of halogens is 1. The largest absolute Gasteiger partial charge is 0.382 e. The molecule has 0 amide bonds. The van der Waals surface area contributed by atoms with Crippen molar-refractivity contribution >= 4 is 41.7 Å². The molecule has 1 saturated heterocycles. The molecule has 1 unspecified atom stereocenters. The quantitative estimate of drug-likeness (QED) is 0.222. The molecule has 132 valence electrons. The summed E-state index contributed by atoms with van der Waals surface area (Å²) in [5.41, 5.74) is 0. The molecule has 1 heterocycles. The average molecular weight is 445 g/mol. The van der Waals surface area contributed by atoms with Crippen LogP contribution in [0.15, 0.2) is 4.99 Å². The minimum absolute atomic E-state index is 0. The first-order valence-corrected chi connectivity index (χ1v) is 9.12. The molecule has 0 aromatic rings. The van der Waals surface area contributed by atoms with Gasteiger partial charge in [0.15, 0.2) is 5.96 Å². The van der Waals surface area contributed by atoms with Crippen LogP contribution in [0.1, 0.15) is 32.6 Å². The van der Waals surface area contributed by atoms with E-state index in [0.29, 0.717) is 13.2 Å². The van der Waals surface area contributed by atoms with Crippen molar-refractivity contribution in [2.24, 2.45) is 4.99 Å². The van der Waals surface area contributed by atoms with E-state index in [9.17, 15) is 0 Å². The molecule has 0 aromatic heterocycles. The van der Waals surface area contributed by atoms with Crippen LogP contribution in [0.25, 0.3) is 0 Å². The van der Waals surface area contributed by atoms with Crippen molar-refractivity contribution in [1.29, 1.82) is 0 Å². The number of hydrogen-bond donors (Lipinski definition) is 2. The van der Waals surface area contributed by atoms with Gasteiger partial charge in [-0.3, -0.25) is 4.99 Å². The van der Waals surface area contributed by atoms with Crippen molar-refractivity contribution in [2.45, 2.75) is 37.9 Å². The standard InChI is InChI=1S/C15H31N3O2S.HI/c1-3-16-15(18-13-14-7-6-12-21-14)17-8-4-5-9-20-11-10-19-2;/h14H,3-13H2,1-2H3,(H2,16,17,18);1H. The Bertz CT molecular complexity index is 278. The fourth-order valence-corrected chi connectivity index (χ4v) is 3.28. The predicted octanol–water partition coefficient (Wildman–Crippen LogP) is 2.50. The normalized spacial score (nSPS) is 18.1. The topological polar surface area (TPSA) is 54.9 Å². The molecule has 0 bridgehead atoms. The van der Waals surface area contributed by atoms with Crippen LogP contribution >= 0.6 is 35.7 Å². The first-order chi connectivity index (χ1) is 10.4. The van der Waals surface area contributed by atoms with Gasteiger partial charge in [0.05, 0.1) is 19.8 Å². The molecule has 22 heavy (non-hydrogen) atoms. The van der Waals surface area contributed by atoms with E-state index in [1.54, 1.807) is 7.11 Å². The zero-order chi connectivity index (χ0) is 15.2. The summed E-state index contributed by atoms with van der Waals surface area (Å²) >= 11 is 2.05. The predicted molar refractivity (Wildman–Crippen MR) is 107 cm³/mol. The summed E-state index contributed by atoms with van der Waals surface area (Å²) in [7, 11) is 1.69. The monoisotopic (exact) mass is 445 g/mol. The number of rotatable bonds is 11. The van der Waals surface area contributed by atoms with E-state index in [0.717, 1.165) is 50.3 Å². The van der Waals surface area contributed by atoms with Crippen LogP contribution in [-0.2, 0) is 9.47 Å². The first-order valence-electron chi connectivity index (χ1n) is 8.07. The van der Waals surface area contributed by atoms with Gasteiger partial charge in [0.1, 0.15) is 0 Å². The summed E-state index contributed by atoms with van der Waals surface area (Å²) < 4.78 is 10.4. The van der Waals surface area contributed by atoms with E-state index in [1.165, 1.54) is 18.6 Å². The van der Waals surface area contributed by atoms with Crippen molar-refractivity contribution in [3.63, 3.8) is 0 Å². The number of guanidine groups is 1. The van der Waals surface area contributed by atoms with Crippen LogP contribution in [-0.4, -0.2) is 63.5 Å². The third-order valence-corrected chi connectivity index (χ3v) is 4.64. The summed E-state index contributed by atoms with van der Waals surface area (Å²) in [4.78, 5) is 4.68. The summed E-state index contributed by atoms with van der Waals surface area (Å²) in [6.45, 7) is 7.05. The minimum atomic E-state index is 0. The molecule has 0 radical (unpaired) electrons. The lowest BCUT2D eigenvalue weighted by Crippen LogP contribution is -2.38. The van der Waals surface area contributed by atoms with Gasteiger partial charge in [0, 0.05) is 32.1 Å².